The van der Waals surface area contributed by atoms with Crippen molar-refractivity contribution in [3.63, 3.8) is 0 Å². The van der Waals surface area contributed by atoms with Gasteiger partial charge in [0.15, 0.2) is 0 Å². The quantitative estimate of drug-likeness (QED) is 0.475. The second-order valence-corrected chi connectivity index (χ2v) is 4.35. The minimum absolute atomic E-state index is 0.771. The van der Waals surface area contributed by atoms with Gasteiger partial charge in [0.2, 0.25) is 0 Å². The van der Waals surface area contributed by atoms with Crippen LogP contribution in [0.15, 0.2) is 0 Å². The van der Waals surface area contributed by atoms with E-state index in [2.05, 4.69) is 0 Å². The molecule has 2 heteroatoms. The largest absolute Gasteiger partial charge is 0.381 e. The Hall–Kier alpha value is 0.250. The third-order valence-corrected chi connectivity index (χ3v) is 3.02. The van der Waals surface area contributed by atoms with Gasteiger partial charge in [-0.05, 0) is 31.6 Å². The van der Waals surface area contributed by atoms with Crippen molar-refractivity contribution < 1.29 is 4.74 Å². The van der Waals surface area contributed by atoms with E-state index in [0.29, 0.717) is 0 Å². The van der Waals surface area contributed by atoms with E-state index < -0.39 is 0 Å². The first-order valence-corrected chi connectivity index (χ1v) is 6.10. The van der Waals surface area contributed by atoms with Crippen LogP contribution in [0.25, 0.3) is 0 Å². The molecule has 0 amide bonds. The molecule has 1 aliphatic carbocycles. The first kappa shape index (κ1) is 11.3. The number of hydrogen-bond acceptors (Lipinski definition) is 1. The summed E-state index contributed by atoms with van der Waals surface area (Å²) in [6.45, 7) is 1.89. The Bertz CT molecular complexity index is 111. The Morgan fingerprint density at radius 3 is 2.54 bits per heavy atom. The second-order valence-electron chi connectivity index (χ2n) is 3.98. The molecule has 0 aromatic carbocycles. The molecule has 0 spiro atoms. The number of alkyl halides is 1. The van der Waals surface area contributed by atoms with E-state index in [1.54, 1.807) is 0 Å². The summed E-state index contributed by atoms with van der Waals surface area (Å²) in [6, 6.07) is 0. The normalized spacial score (nSPS) is 19.2. The van der Waals surface area contributed by atoms with Crippen molar-refractivity contribution in [1.29, 1.82) is 0 Å². The van der Waals surface area contributed by atoms with Gasteiger partial charge in [0, 0.05) is 19.1 Å². The molecule has 78 valence electrons. The highest BCUT2D eigenvalue weighted by atomic mass is 35.5. The number of hydrogen-bond donors (Lipinski definition) is 0. The summed E-state index contributed by atoms with van der Waals surface area (Å²) in [7, 11) is 0. The molecular weight excluding hydrogens is 184 g/mol. The zero-order valence-corrected chi connectivity index (χ0v) is 9.19. The molecule has 13 heavy (non-hydrogen) atoms. The molecule has 0 heterocycles. The minimum Gasteiger partial charge on any atom is -0.381 e. The van der Waals surface area contributed by atoms with Gasteiger partial charge in [-0.15, -0.1) is 11.6 Å². The molecule has 0 radical (unpaired) electrons. The first-order valence-electron chi connectivity index (χ1n) is 5.57. The SMILES string of the molecule is ClCCCCOCC1CCCCC1. The predicted octanol–water partition coefficient (Wildman–Crippen LogP) is 3.60. The molecule has 0 bridgehead atoms. The monoisotopic (exact) mass is 204 g/mol. The van der Waals surface area contributed by atoms with Gasteiger partial charge in [0.05, 0.1) is 0 Å². The van der Waals surface area contributed by atoms with Crippen molar-refractivity contribution in [2.24, 2.45) is 5.92 Å². The van der Waals surface area contributed by atoms with E-state index in [9.17, 15) is 0 Å². The summed E-state index contributed by atoms with van der Waals surface area (Å²) in [6.07, 6.45) is 9.24. The fourth-order valence-electron chi connectivity index (χ4n) is 1.90. The van der Waals surface area contributed by atoms with Gasteiger partial charge >= 0.3 is 0 Å². The lowest BCUT2D eigenvalue weighted by Crippen LogP contribution is -2.13. The maximum Gasteiger partial charge on any atom is 0.0494 e. The smallest absolute Gasteiger partial charge is 0.0494 e. The van der Waals surface area contributed by atoms with Gasteiger partial charge in [-0.2, -0.15) is 0 Å². The molecule has 1 aliphatic rings. The molecule has 1 rings (SSSR count). The third-order valence-electron chi connectivity index (χ3n) is 2.75. The van der Waals surface area contributed by atoms with Gasteiger partial charge in [0.25, 0.3) is 0 Å². The van der Waals surface area contributed by atoms with Crippen LogP contribution in [0, 0.1) is 5.92 Å². The van der Waals surface area contributed by atoms with Crippen LogP contribution < -0.4 is 0 Å². The summed E-state index contributed by atoms with van der Waals surface area (Å²) in [4.78, 5) is 0. The van der Waals surface area contributed by atoms with E-state index in [1.165, 1.54) is 32.1 Å². The molecule has 0 N–H and O–H groups in total. The highest BCUT2D eigenvalue weighted by Gasteiger charge is 2.12. The van der Waals surface area contributed by atoms with Crippen molar-refractivity contribution in [3.8, 4) is 0 Å². The van der Waals surface area contributed by atoms with Crippen molar-refractivity contribution >= 4 is 11.6 Å². The topological polar surface area (TPSA) is 9.23 Å². The fraction of sp³-hybridized carbons (Fsp3) is 1.00. The average molecular weight is 205 g/mol. The standard InChI is InChI=1S/C11H21ClO/c12-8-4-5-9-13-10-11-6-2-1-3-7-11/h11H,1-10H2. The fourth-order valence-corrected chi connectivity index (χ4v) is 2.09. The molecule has 0 saturated heterocycles. The highest BCUT2D eigenvalue weighted by molar-refractivity contribution is 6.17. The molecule has 1 nitrogen and oxygen atoms in total. The molecule has 0 aromatic rings. The summed E-state index contributed by atoms with van der Waals surface area (Å²) in [5.74, 6) is 1.62. The van der Waals surface area contributed by atoms with Gasteiger partial charge < -0.3 is 4.74 Å². The van der Waals surface area contributed by atoms with Crippen molar-refractivity contribution in [2.45, 2.75) is 44.9 Å². The minimum atomic E-state index is 0.771. The zero-order chi connectivity index (χ0) is 9.36. The second kappa shape index (κ2) is 7.64. The maximum absolute atomic E-state index is 5.62. The van der Waals surface area contributed by atoms with E-state index in [0.717, 1.165) is 37.9 Å². The lowest BCUT2D eigenvalue weighted by molar-refractivity contribution is 0.0834. The van der Waals surface area contributed by atoms with Crippen LogP contribution in [-0.2, 0) is 4.74 Å². The molecule has 0 unspecified atom stereocenters. The lowest BCUT2D eigenvalue weighted by atomic mass is 9.90. The van der Waals surface area contributed by atoms with Crippen LogP contribution in [0.3, 0.4) is 0 Å². The van der Waals surface area contributed by atoms with E-state index >= 15 is 0 Å². The van der Waals surface area contributed by atoms with E-state index in [4.69, 9.17) is 16.3 Å². The number of unbranched alkanes of at least 4 members (excludes halogenated alkanes) is 1. The summed E-state index contributed by atoms with van der Waals surface area (Å²) in [5.41, 5.74) is 0. The van der Waals surface area contributed by atoms with Crippen molar-refractivity contribution in [1.82, 2.24) is 0 Å². The maximum atomic E-state index is 5.62. The highest BCUT2D eigenvalue weighted by Crippen LogP contribution is 2.23. The van der Waals surface area contributed by atoms with Gasteiger partial charge in [0.1, 0.15) is 0 Å². The Labute approximate surface area is 86.8 Å². The van der Waals surface area contributed by atoms with Crippen LogP contribution in [0.5, 0.6) is 0 Å². The molecule has 0 aromatic heterocycles. The van der Waals surface area contributed by atoms with Crippen molar-refractivity contribution in [2.75, 3.05) is 19.1 Å². The Balaban J connectivity index is 1.86. The number of rotatable bonds is 6. The van der Waals surface area contributed by atoms with Crippen molar-refractivity contribution in [3.05, 3.63) is 0 Å². The first-order chi connectivity index (χ1) is 6.43. The van der Waals surface area contributed by atoms with Crippen LogP contribution >= 0.6 is 11.6 Å². The van der Waals surface area contributed by atoms with E-state index in [1.807, 2.05) is 0 Å². The van der Waals surface area contributed by atoms with Gasteiger partial charge in [-0.25, -0.2) is 0 Å². The Kier molecular flexibility index (Phi) is 6.65. The van der Waals surface area contributed by atoms with Crippen LogP contribution in [0.2, 0.25) is 0 Å². The summed E-state index contributed by atoms with van der Waals surface area (Å²) >= 11 is 5.57. The molecular formula is C11H21ClO. The van der Waals surface area contributed by atoms with Crippen LogP contribution in [0.1, 0.15) is 44.9 Å². The molecule has 1 fully saturated rings. The summed E-state index contributed by atoms with van der Waals surface area (Å²) in [5, 5.41) is 0. The van der Waals surface area contributed by atoms with Gasteiger partial charge in [-0.3, -0.25) is 0 Å². The zero-order valence-electron chi connectivity index (χ0n) is 8.43. The number of halogens is 1. The number of ether oxygens (including phenoxy) is 1. The lowest BCUT2D eigenvalue weighted by Gasteiger charge is -2.21. The predicted molar refractivity (Wildman–Crippen MR) is 57.3 cm³/mol. The van der Waals surface area contributed by atoms with Crippen LogP contribution in [-0.4, -0.2) is 19.1 Å². The summed E-state index contributed by atoms with van der Waals surface area (Å²) < 4.78 is 5.62. The Morgan fingerprint density at radius 2 is 1.85 bits per heavy atom. The molecule has 0 aliphatic heterocycles. The van der Waals surface area contributed by atoms with E-state index in [-0.39, 0.29) is 0 Å². The van der Waals surface area contributed by atoms with Gasteiger partial charge in [-0.1, -0.05) is 19.3 Å². The molecule has 1 saturated carbocycles. The third kappa shape index (κ3) is 5.53. The Morgan fingerprint density at radius 1 is 1.08 bits per heavy atom. The molecule has 0 atom stereocenters. The van der Waals surface area contributed by atoms with Crippen LogP contribution in [0.4, 0.5) is 0 Å². The average Bonchev–Trinajstić information content (AvgIpc) is 2.19.